The van der Waals surface area contributed by atoms with E-state index in [0.29, 0.717) is 15.6 Å². The van der Waals surface area contributed by atoms with Gasteiger partial charge < -0.3 is 4.74 Å². The second-order valence-corrected chi connectivity index (χ2v) is 6.63. The Bertz CT molecular complexity index is 637. The molecule has 0 saturated heterocycles. The Hall–Kier alpha value is -1.32. The van der Waals surface area contributed by atoms with Crippen LogP contribution < -0.4 is 4.74 Å². The quantitative estimate of drug-likeness (QED) is 0.588. The van der Waals surface area contributed by atoms with Crippen LogP contribution in [-0.4, -0.2) is 5.97 Å². The molecule has 0 bridgehead atoms. The Kier molecular flexibility index (Phi) is 3.81. The zero-order valence-electron chi connectivity index (χ0n) is 11.2. The molecule has 1 aliphatic rings. The number of ether oxygens (including phenoxy) is 1. The van der Waals surface area contributed by atoms with E-state index in [1.165, 1.54) is 23.3 Å². The summed E-state index contributed by atoms with van der Waals surface area (Å²) in [7, 11) is 0. The standard InChI is InChI=1S/C16H15ClO2S/c1-10-6-7-12(17)13(8-10)19-16(18)15-9-11-4-2-3-5-14(11)20-15/h6-9H,2-5H2,1H3. The minimum Gasteiger partial charge on any atom is -0.421 e. The number of rotatable bonds is 2. The van der Waals surface area contributed by atoms with E-state index < -0.39 is 0 Å². The van der Waals surface area contributed by atoms with Crippen molar-refractivity contribution in [2.75, 3.05) is 0 Å². The number of fused-ring (bicyclic) bond motifs is 1. The summed E-state index contributed by atoms with van der Waals surface area (Å²) in [5, 5.41) is 0.463. The summed E-state index contributed by atoms with van der Waals surface area (Å²) in [6.45, 7) is 1.94. The van der Waals surface area contributed by atoms with Crippen molar-refractivity contribution in [3.05, 3.63) is 50.2 Å². The lowest BCUT2D eigenvalue weighted by Gasteiger charge is -2.08. The summed E-state index contributed by atoms with van der Waals surface area (Å²) in [5.74, 6) is 0.125. The molecule has 1 aromatic heterocycles. The van der Waals surface area contributed by atoms with Crippen LogP contribution in [0.1, 0.15) is 38.5 Å². The van der Waals surface area contributed by atoms with Gasteiger partial charge in [-0.15, -0.1) is 11.3 Å². The van der Waals surface area contributed by atoms with Crippen LogP contribution in [0, 0.1) is 6.92 Å². The van der Waals surface area contributed by atoms with Crippen molar-refractivity contribution in [1.29, 1.82) is 0 Å². The lowest BCUT2D eigenvalue weighted by Crippen LogP contribution is -2.06. The fourth-order valence-electron chi connectivity index (χ4n) is 2.43. The molecule has 0 amide bonds. The summed E-state index contributed by atoms with van der Waals surface area (Å²) < 4.78 is 5.43. The van der Waals surface area contributed by atoms with E-state index in [1.54, 1.807) is 23.5 Å². The third-order valence-corrected chi connectivity index (χ3v) is 5.02. The predicted molar refractivity (Wildman–Crippen MR) is 82.1 cm³/mol. The first kappa shape index (κ1) is 13.7. The highest BCUT2D eigenvalue weighted by molar-refractivity contribution is 7.14. The molecule has 104 valence electrons. The summed E-state index contributed by atoms with van der Waals surface area (Å²) in [5.41, 5.74) is 2.33. The molecule has 0 N–H and O–H groups in total. The third-order valence-electron chi connectivity index (χ3n) is 3.49. The molecule has 0 unspecified atom stereocenters. The SMILES string of the molecule is Cc1ccc(Cl)c(OC(=O)c2cc3c(s2)CCCC3)c1. The second kappa shape index (κ2) is 5.58. The Balaban J connectivity index is 1.82. The molecule has 0 saturated carbocycles. The van der Waals surface area contributed by atoms with E-state index in [2.05, 4.69) is 0 Å². The largest absolute Gasteiger partial charge is 0.421 e. The number of esters is 1. The number of thiophene rings is 1. The number of hydrogen-bond donors (Lipinski definition) is 0. The number of hydrogen-bond acceptors (Lipinski definition) is 3. The molecule has 0 aliphatic heterocycles. The van der Waals surface area contributed by atoms with Gasteiger partial charge in [-0.25, -0.2) is 4.79 Å². The van der Waals surface area contributed by atoms with E-state index in [0.717, 1.165) is 18.4 Å². The smallest absolute Gasteiger partial charge is 0.353 e. The van der Waals surface area contributed by atoms with Crippen LogP contribution in [0.3, 0.4) is 0 Å². The number of benzene rings is 1. The van der Waals surface area contributed by atoms with Gasteiger partial charge in [-0.3, -0.25) is 0 Å². The first-order chi connectivity index (χ1) is 9.63. The zero-order chi connectivity index (χ0) is 14.1. The molecule has 4 heteroatoms. The molecule has 2 nitrogen and oxygen atoms in total. The third kappa shape index (κ3) is 2.74. The molecule has 1 aromatic carbocycles. The van der Waals surface area contributed by atoms with Crippen molar-refractivity contribution in [3.8, 4) is 5.75 Å². The Labute approximate surface area is 127 Å². The summed E-state index contributed by atoms with van der Waals surface area (Å²) in [6.07, 6.45) is 4.58. The van der Waals surface area contributed by atoms with Crippen LogP contribution in [0.4, 0.5) is 0 Å². The van der Waals surface area contributed by atoms with Crippen molar-refractivity contribution >= 4 is 28.9 Å². The van der Waals surface area contributed by atoms with Gasteiger partial charge in [-0.1, -0.05) is 17.7 Å². The van der Waals surface area contributed by atoms with Gasteiger partial charge in [-0.05, 0) is 61.9 Å². The maximum atomic E-state index is 12.2. The summed E-state index contributed by atoms with van der Waals surface area (Å²) in [4.78, 5) is 14.2. The fraction of sp³-hybridized carbons (Fsp3) is 0.312. The van der Waals surface area contributed by atoms with Gasteiger partial charge in [0.1, 0.15) is 10.6 Å². The molecule has 3 rings (SSSR count). The number of aryl methyl sites for hydroxylation is 3. The fourth-order valence-corrected chi connectivity index (χ4v) is 3.72. The van der Waals surface area contributed by atoms with Gasteiger partial charge >= 0.3 is 5.97 Å². The Morgan fingerprint density at radius 2 is 2.05 bits per heavy atom. The molecule has 0 spiro atoms. The predicted octanol–water partition coefficient (Wildman–Crippen LogP) is 4.81. The van der Waals surface area contributed by atoms with Gasteiger partial charge in [0.25, 0.3) is 0 Å². The van der Waals surface area contributed by atoms with E-state index in [1.807, 2.05) is 19.1 Å². The molecule has 0 fully saturated rings. The van der Waals surface area contributed by atoms with Crippen LogP contribution in [0.5, 0.6) is 5.75 Å². The molecule has 1 aliphatic carbocycles. The summed E-state index contributed by atoms with van der Waals surface area (Å²) >= 11 is 7.61. The molecular weight excluding hydrogens is 292 g/mol. The number of carbonyl (C=O) groups is 1. The first-order valence-electron chi connectivity index (χ1n) is 6.73. The highest BCUT2D eigenvalue weighted by atomic mass is 35.5. The van der Waals surface area contributed by atoms with Crippen LogP contribution in [0.25, 0.3) is 0 Å². The topological polar surface area (TPSA) is 26.3 Å². The van der Waals surface area contributed by atoms with Gasteiger partial charge in [0.05, 0.1) is 5.02 Å². The van der Waals surface area contributed by atoms with Crippen LogP contribution in [-0.2, 0) is 12.8 Å². The number of carbonyl (C=O) groups excluding carboxylic acids is 1. The minimum atomic E-state index is -0.308. The van der Waals surface area contributed by atoms with Crippen molar-refractivity contribution in [3.63, 3.8) is 0 Å². The molecule has 20 heavy (non-hydrogen) atoms. The first-order valence-corrected chi connectivity index (χ1v) is 7.93. The zero-order valence-corrected chi connectivity index (χ0v) is 12.8. The van der Waals surface area contributed by atoms with Crippen molar-refractivity contribution < 1.29 is 9.53 Å². The molecule has 0 atom stereocenters. The van der Waals surface area contributed by atoms with Crippen molar-refractivity contribution in [1.82, 2.24) is 0 Å². The van der Waals surface area contributed by atoms with Crippen LogP contribution >= 0.6 is 22.9 Å². The molecule has 2 aromatic rings. The maximum Gasteiger partial charge on any atom is 0.353 e. The lowest BCUT2D eigenvalue weighted by molar-refractivity contribution is 0.0740. The van der Waals surface area contributed by atoms with E-state index >= 15 is 0 Å². The summed E-state index contributed by atoms with van der Waals surface area (Å²) in [6, 6.07) is 7.40. The van der Waals surface area contributed by atoms with Crippen molar-refractivity contribution in [2.24, 2.45) is 0 Å². The monoisotopic (exact) mass is 306 g/mol. The minimum absolute atomic E-state index is 0.308. The van der Waals surface area contributed by atoms with Gasteiger partial charge in [0.2, 0.25) is 0 Å². The van der Waals surface area contributed by atoms with Crippen LogP contribution in [0.15, 0.2) is 24.3 Å². The average molecular weight is 307 g/mol. The van der Waals surface area contributed by atoms with E-state index in [9.17, 15) is 4.79 Å². The van der Waals surface area contributed by atoms with Crippen molar-refractivity contribution in [2.45, 2.75) is 32.6 Å². The van der Waals surface area contributed by atoms with Gasteiger partial charge in [0, 0.05) is 4.88 Å². The Morgan fingerprint density at radius 1 is 1.25 bits per heavy atom. The number of halogens is 1. The average Bonchev–Trinajstić information content (AvgIpc) is 2.87. The molecule has 0 radical (unpaired) electrons. The Morgan fingerprint density at radius 3 is 2.85 bits per heavy atom. The second-order valence-electron chi connectivity index (χ2n) is 5.09. The van der Waals surface area contributed by atoms with E-state index in [4.69, 9.17) is 16.3 Å². The molecule has 1 heterocycles. The highest BCUT2D eigenvalue weighted by Gasteiger charge is 2.19. The van der Waals surface area contributed by atoms with E-state index in [-0.39, 0.29) is 5.97 Å². The lowest BCUT2D eigenvalue weighted by atomic mass is 9.99. The van der Waals surface area contributed by atoms with Crippen LogP contribution in [0.2, 0.25) is 5.02 Å². The highest BCUT2D eigenvalue weighted by Crippen LogP contribution is 2.31. The van der Waals surface area contributed by atoms with Gasteiger partial charge in [-0.2, -0.15) is 0 Å². The maximum absolute atomic E-state index is 12.2. The normalized spacial score (nSPS) is 13.9. The van der Waals surface area contributed by atoms with Gasteiger partial charge in [0.15, 0.2) is 0 Å². The molecular formula is C16H15ClO2S.